The van der Waals surface area contributed by atoms with Gasteiger partial charge < -0.3 is 11.1 Å². The molecule has 4 N–H and O–H groups in total. The van der Waals surface area contributed by atoms with Crippen LogP contribution in [0, 0.1) is 0 Å². The molecule has 0 spiro atoms. The molecule has 0 aliphatic heterocycles. The summed E-state index contributed by atoms with van der Waals surface area (Å²) in [6, 6.07) is 20.5. The van der Waals surface area contributed by atoms with Crippen LogP contribution in [0.3, 0.4) is 0 Å². The van der Waals surface area contributed by atoms with Gasteiger partial charge in [-0.15, -0.1) is 0 Å². The van der Waals surface area contributed by atoms with Crippen LogP contribution in [0.5, 0.6) is 0 Å². The second kappa shape index (κ2) is 10.4. The molecule has 0 fully saturated rings. The average Bonchev–Trinajstić information content (AvgIpc) is 2.79. The van der Waals surface area contributed by atoms with Crippen LogP contribution in [-0.4, -0.2) is 40.1 Å². The molecule has 2 aromatic carbocycles. The number of aromatic nitrogens is 3. The Morgan fingerprint density at radius 2 is 1.61 bits per heavy atom. The van der Waals surface area contributed by atoms with Crippen LogP contribution in [0.1, 0.15) is 10.4 Å². The zero-order valence-corrected chi connectivity index (χ0v) is 18.4. The molecule has 0 aliphatic carbocycles. The lowest BCUT2D eigenvalue weighted by Gasteiger charge is -2.13. The van der Waals surface area contributed by atoms with Gasteiger partial charge in [-0.1, -0.05) is 36.4 Å². The number of hydrogen-bond donors (Lipinski definition) is 3. The summed E-state index contributed by atoms with van der Waals surface area (Å²) in [5.74, 6) is -0.0226. The van der Waals surface area contributed by atoms with Gasteiger partial charge in [0.15, 0.2) is 0 Å². The van der Waals surface area contributed by atoms with Crippen molar-refractivity contribution in [2.24, 2.45) is 5.73 Å². The van der Waals surface area contributed by atoms with Gasteiger partial charge in [0.05, 0.1) is 11.9 Å². The smallest absolute Gasteiger partial charge is 0.261 e. The molecule has 0 unspecified atom stereocenters. The second-order valence-electron chi connectivity index (χ2n) is 6.82. The van der Waals surface area contributed by atoms with E-state index < -0.39 is 16.0 Å². The molecule has 10 heteroatoms. The minimum Gasteiger partial charge on any atom is -0.366 e. The van der Waals surface area contributed by atoms with E-state index >= 15 is 0 Å². The standard InChI is InChI=1S/C22H17N5O.CH4O3S/c23-21(28)18-9-2-1-7-16(18)17-8-3-4-10-20(17)27-22-25-13-11-19(26-22)15-6-5-12-24-14-15;1-5(2,3)4/h1-14H,(H2,23,28)(H,25,26,27);1H3,(H,2,3,4). The molecule has 33 heavy (non-hydrogen) atoms. The number of benzene rings is 2. The normalized spacial score (nSPS) is 10.6. The number of hydrogen-bond acceptors (Lipinski definition) is 7. The summed E-state index contributed by atoms with van der Waals surface area (Å²) < 4.78 is 25.9. The molecule has 2 heterocycles. The van der Waals surface area contributed by atoms with E-state index in [2.05, 4.69) is 20.3 Å². The molecule has 2 aromatic heterocycles. The lowest BCUT2D eigenvalue weighted by molar-refractivity contribution is 0.100. The lowest BCUT2D eigenvalue weighted by atomic mass is 9.98. The van der Waals surface area contributed by atoms with E-state index in [9.17, 15) is 13.2 Å². The predicted octanol–water partition coefficient (Wildman–Crippen LogP) is 3.55. The average molecular weight is 464 g/mol. The van der Waals surface area contributed by atoms with Crippen molar-refractivity contribution in [1.29, 1.82) is 0 Å². The van der Waals surface area contributed by atoms with E-state index in [4.69, 9.17) is 10.3 Å². The molecule has 0 saturated carbocycles. The summed E-state index contributed by atoms with van der Waals surface area (Å²) >= 11 is 0. The van der Waals surface area contributed by atoms with E-state index in [0.29, 0.717) is 17.8 Å². The lowest BCUT2D eigenvalue weighted by Crippen LogP contribution is -2.12. The van der Waals surface area contributed by atoms with Gasteiger partial charge >= 0.3 is 0 Å². The molecular weight excluding hydrogens is 442 g/mol. The van der Waals surface area contributed by atoms with Gasteiger partial charge in [0.25, 0.3) is 10.1 Å². The Labute approximate surface area is 191 Å². The van der Waals surface area contributed by atoms with Crippen molar-refractivity contribution in [1.82, 2.24) is 15.0 Å². The molecule has 4 rings (SSSR count). The number of nitrogens with zero attached hydrogens (tertiary/aromatic N) is 3. The molecule has 0 atom stereocenters. The first-order chi connectivity index (χ1) is 15.7. The summed E-state index contributed by atoms with van der Waals surface area (Å²) in [5.41, 5.74) is 10.0. The maximum atomic E-state index is 11.8. The Morgan fingerprint density at radius 3 is 2.27 bits per heavy atom. The van der Waals surface area contributed by atoms with Gasteiger partial charge in [-0.25, -0.2) is 9.97 Å². The van der Waals surface area contributed by atoms with Gasteiger partial charge in [0, 0.05) is 41.0 Å². The SMILES string of the molecule is CS(=O)(=O)O.NC(=O)c1ccccc1-c1ccccc1Nc1nccc(-c2cccnc2)n1. The van der Waals surface area contributed by atoms with Crippen molar-refractivity contribution < 1.29 is 17.8 Å². The monoisotopic (exact) mass is 463 g/mol. The maximum Gasteiger partial charge on any atom is 0.261 e. The summed E-state index contributed by atoms with van der Waals surface area (Å²) in [5, 5.41) is 3.25. The molecule has 1 amide bonds. The Hall–Kier alpha value is -4.15. The molecule has 168 valence electrons. The van der Waals surface area contributed by atoms with Crippen LogP contribution < -0.4 is 11.1 Å². The second-order valence-corrected chi connectivity index (χ2v) is 8.29. The Balaban J connectivity index is 0.000000555. The number of nitrogens with two attached hydrogens (primary N) is 1. The largest absolute Gasteiger partial charge is 0.366 e. The van der Waals surface area contributed by atoms with Crippen LogP contribution in [0.25, 0.3) is 22.4 Å². The van der Waals surface area contributed by atoms with Crippen molar-refractivity contribution in [3.8, 4) is 22.4 Å². The molecule has 0 aliphatic rings. The number of pyridine rings is 1. The third kappa shape index (κ3) is 6.92. The van der Waals surface area contributed by atoms with Crippen molar-refractivity contribution in [3.63, 3.8) is 0 Å². The summed E-state index contributed by atoms with van der Waals surface area (Å²) in [6.07, 6.45) is 5.88. The van der Waals surface area contributed by atoms with Crippen LogP contribution in [0.2, 0.25) is 0 Å². The van der Waals surface area contributed by atoms with Crippen LogP contribution >= 0.6 is 0 Å². The number of para-hydroxylation sites is 1. The van der Waals surface area contributed by atoms with E-state index in [1.807, 2.05) is 54.6 Å². The van der Waals surface area contributed by atoms with Crippen LogP contribution in [-0.2, 0) is 10.1 Å². The van der Waals surface area contributed by atoms with Crippen LogP contribution in [0.4, 0.5) is 11.6 Å². The number of nitrogens with one attached hydrogen (secondary N) is 1. The van der Waals surface area contributed by atoms with E-state index in [-0.39, 0.29) is 0 Å². The summed E-state index contributed by atoms with van der Waals surface area (Å²) in [4.78, 5) is 24.9. The number of carbonyl (C=O) groups excluding carboxylic acids is 1. The van der Waals surface area contributed by atoms with Crippen molar-refractivity contribution >= 4 is 27.7 Å². The molecule has 0 radical (unpaired) electrons. The van der Waals surface area contributed by atoms with Gasteiger partial charge in [-0.05, 0) is 35.9 Å². The molecule has 0 saturated heterocycles. The zero-order chi connectivity index (χ0) is 23.8. The third-order valence-electron chi connectivity index (χ3n) is 4.27. The minimum absolute atomic E-state index is 0.449. The fraction of sp³-hybridized carbons (Fsp3) is 0.0435. The number of primary amides is 1. The van der Waals surface area contributed by atoms with E-state index in [1.165, 1.54) is 0 Å². The first kappa shape index (κ1) is 23.5. The van der Waals surface area contributed by atoms with E-state index in [0.717, 1.165) is 28.1 Å². The van der Waals surface area contributed by atoms with Crippen molar-refractivity contribution in [2.45, 2.75) is 0 Å². The van der Waals surface area contributed by atoms with Gasteiger partial charge in [-0.2, -0.15) is 8.42 Å². The maximum absolute atomic E-state index is 11.8. The highest BCUT2D eigenvalue weighted by molar-refractivity contribution is 7.85. The van der Waals surface area contributed by atoms with Gasteiger partial charge in [0.1, 0.15) is 0 Å². The Kier molecular flexibility index (Phi) is 7.44. The summed E-state index contributed by atoms with van der Waals surface area (Å²) in [7, 11) is -3.67. The highest BCUT2D eigenvalue weighted by atomic mass is 32.2. The number of rotatable bonds is 5. The van der Waals surface area contributed by atoms with Gasteiger partial charge in [0.2, 0.25) is 11.9 Å². The van der Waals surface area contributed by atoms with Crippen LogP contribution in [0.15, 0.2) is 85.3 Å². The van der Waals surface area contributed by atoms with Gasteiger partial charge in [-0.3, -0.25) is 14.3 Å². The number of carbonyl (C=O) groups is 1. The first-order valence-corrected chi connectivity index (χ1v) is 11.5. The molecule has 0 bridgehead atoms. The predicted molar refractivity (Wildman–Crippen MR) is 126 cm³/mol. The van der Waals surface area contributed by atoms with Crippen molar-refractivity contribution in [2.75, 3.05) is 11.6 Å². The first-order valence-electron chi connectivity index (χ1n) is 9.63. The molecular formula is C23H21N5O4S. The Bertz CT molecular complexity index is 1350. The summed E-state index contributed by atoms with van der Waals surface area (Å²) in [6.45, 7) is 0. The number of amides is 1. The van der Waals surface area contributed by atoms with E-state index in [1.54, 1.807) is 30.7 Å². The molecule has 9 nitrogen and oxygen atoms in total. The minimum atomic E-state index is -3.67. The van der Waals surface area contributed by atoms with Crippen molar-refractivity contribution in [3.05, 3.63) is 90.9 Å². The Morgan fingerprint density at radius 1 is 0.939 bits per heavy atom. The highest BCUT2D eigenvalue weighted by Gasteiger charge is 2.13. The molecule has 4 aromatic rings. The topological polar surface area (TPSA) is 148 Å². The zero-order valence-electron chi connectivity index (χ0n) is 17.6. The third-order valence-corrected chi connectivity index (χ3v) is 4.27. The quantitative estimate of drug-likeness (QED) is 0.381. The fourth-order valence-electron chi connectivity index (χ4n) is 2.97. The number of anilines is 2. The highest BCUT2D eigenvalue weighted by Crippen LogP contribution is 2.32. The fourth-order valence-corrected chi connectivity index (χ4v) is 2.97.